The number of aromatic nitrogens is 1. The van der Waals surface area contributed by atoms with Gasteiger partial charge in [-0.05, 0) is 63.5 Å². The second-order valence-corrected chi connectivity index (χ2v) is 12.6. The fraction of sp³-hybridized carbons (Fsp3) is 0.733. The standard InChI is InChI=1S/C30H55N4O3P.4ClH/c1-2-3-4-5-6-7-8-9-10-13-24-36-38(35,26-23-34(21-14-19-31)22-15-20-32)37-25-18-28-27-33-30-17-12-11-16-29(28)30;;;;/h11-12,16-17,27,33H,2-10,13-15,18-26,31-32H2,1H3;4*1H. The van der Waals surface area contributed by atoms with Gasteiger partial charge in [0, 0.05) is 23.6 Å². The Morgan fingerprint density at radius 1 is 0.738 bits per heavy atom. The number of fused-ring (bicyclic) bond motifs is 1. The van der Waals surface area contributed by atoms with Crippen LogP contribution in [0.15, 0.2) is 30.5 Å². The van der Waals surface area contributed by atoms with Crippen LogP contribution in [0.3, 0.4) is 0 Å². The van der Waals surface area contributed by atoms with Crippen LogP contribution < -0.4 is 11.5 Å². The Balaban J connectivity index is -0.00000380. The number of hydrogen-bond donors (Lipinski definition) is 3. The van der Waals surface area contributed by atoms with E-state index in [-0.39, 0.29) is 49.6 Å². The molecule has 1 unspecified atom stereocenters. The molecule has 1 aromatic heterocycles. The number of rotatable bonds is 25. The fourth-order valence-electron chi connectivity index (χ4n) is 4.82. The maximum atomic E-state index is 13.8. The molecule has 0 aliphatic rings. The molecule has 0 saturated carbocycles. The molecular formula is C30H59Cl4N4O3P. The maximum absolute atomic E-state index is 13.8. The van der Waals surface area contributed by atoms with Crippen LogP contribution in [0, 0.1) is 0 Å². The van der Waals surface area contributed by atoms with E-state index in [1.165, 1.54) is 62.3 Å². The maximum Gasteiger partial charge on any atom is 0.331 e. The lowest BCUT2D eigenvalue weighted by molar-refractivity contribution is 0.196. The molecule has 0 bridgehead atoms. The summed E-state index contributed by atoms with van der Waals surface area (Å²) in [6, 6.07) is 8.24. The topological polar surface area (TPSA) is 107 Å². The van der Waals surface area contributed by atoms with Gasteiger partial charge in [-0.3, -0.25) is 4.57 Å². The lowest BCUT2D eigenvalue weighted by Crippen LogP contribution is -2.31. The van der Waals surface area contributed by atoms with Gasteiger partial charge in [0.25, 0.3) is 0 Å². The Labute approximate surface area is 280 Å². The van der Waals surface area contributed by atoms with Crippen molar-refractivity contribution in [2.24, 2.45) is 11.5 Å². The average molecular weight is 697 g/mol. The number of benzene rings is 1. The van der Waals surface area contributed by atoms with Gasteiger partial charge >= 0.3 is 7.60 Å². The third kappa shape index (κ3) is 20.1. The molecule has 0 amide bonds. The van der Waals surface area contributed by atoms with Crippen molar-refractivity contribution in [3.05, 3.63) is 36.0 Å². The number of nitrogens with one attached hydrogen (secondary N) is 1. The van der Waals surface area contributed by atoms with Crippen LogP contribution in [-0.4, -0.2) is 62.0 Å². The molecule has 2 rings (SSSR count). The minimum atomic E-state index is -3.21. The van der Waals surface area contributed by atoms with E-state index in [1.807, 2.05) is 18.3 Å². The lowest BCUT2D eigenvalue weighted by atomic mass is 10.1. The largest absolute Gasteiger partial charge is 0.361 e. The molecule has 2 aromatic rings. The highest BCUT2D eigenvalue weighted by Crippen LogP contribution is 2.48. The van der Waals surface area contributed by atoms with Crippen LogP contribution in [0.4, 0.5) is 0 Å². The minimum Gasteiger partial charge on any atom is -0.361 e. The number of H-pyrrole nitrogens is 1. The molecule has 0 saturated heterocycles. The third-order valence-corrected chi connectivity index (χ3v) is 9.07. The zero-order chi connectivity index (χ0) is 27.3. The number of aromatic amines is 1. The number of hydrogen-bond acceptors (Lipinski definition) is 6. The zero-order valence-corrected chi connectivity index (χ0v) is 29.8. The Morgan fingerprint density at radius 3 is 1.88 bits per heavy atom. The van der Waals surface area contributed by atoms with Crippen LogP contribution in [0.1, 0.15) is 89.5 Å². The minimum absolute atomic E-state index is 0. The van der Waals surface area contributed by atoms with Crippen molar-refractivity contribution in [2.75, 3.05) is 52.1 Å². The van der Waals surface area contributed by atoms with Gasteiger partial charge in [0.15, 0.2) is 0 Å². The molecule has 0 aliphatic carbocycles. The summed E-state index contributed by atoms with van der Waals surface area (Å²) in [6.45, 7) is 6.85. The van der Waals surface area contributed by atoms with E-state index in [2.05, 4.69) is 28.9 Å². The first-order valence-corrected chi connectivity index (χ1v) is 16.9. The van der Waals surface area contributed by atoms with Crippen LogP contribution in [0.5, 0.6) is 0 Å². The molecule has 5 N–H and O–H groups in total. The van der Waals surface area contributed by atoms with Crippen molar-refractivity contribution in [2.45, 2.75) is 90.4 Å². The summed E-state index contributed by atoms with van der Waals surface area (Å²) in [5, 5.41) is 1.19. The van der Waals surface area contributed by atoms with Crippen molar-refractivity contribution in [1.82, 2.24) is 9.88 Å². The molecule has 1 heterocycles. The number of halogens is 4. The highest BCUT2D eigenvalue weighted by molar-refractivity contribution is 7.53. The van der Waals surface area contributed by atoms with Gasteiger partial charge in [-0.1, -0.05) is 82.9 Å². The van der Waals surface area contributed by atoms with Crippen LogP contribution in [0.25, 0.3) is 10.9 Å². The second-order valence-electron chi connectivity index (χ2n) is 10.4. The van der Waals surface area contributed by atoms with Gasteiger partial charge in [0.1, 0.15) is 0 Å². The van der Waals surface area contributed by atoms with Gasteiger partial charge in [-0.25, -0.2) is 0 Å². The summed E-state index contributed by atoms with van der Waals surface area (Å²) < 4.78 is 25.9. The van der Waals surface area contributed by atoms with Gasteiger partial charge in [-0.15, -0.1) is 49.6 Å². The smallest absolute Gasteiger partial charge is 0.331 e. The van der Waals surface area contributed by atoms with Gasteiger partial charge in [0.05, 0.1) is 19.4 Å². The number of unbranched alkanes of at least 4 members (excludes halogenated alkanes) is 9. The molecule has 250 valence electrons. The van der Waals surface area contributed by atoms with Crippen molar-refractivity contribution < 1.29 is 13.6 Å². The first-order valence-electron chi connectivity index (χ1n) is 15.2. The molecule has 1 aromatic carbocycles. The normalized spacial score (nSPS) is 12.2. The Bertz CT molecular complexity index is 902. The summed E-state index contributed by atoms with van der Waals surface area (Å²) in [5.41, 5.74) is 13.8. The number of para-hydroxylation sites is 1. The summed E-state index contributed by atoms with van der Waals surface area (Å²) in [4.78, 5) is 5.60. The first-order chi connectivity index (χ1) is 18.6. The Morgan fingerprint density at radius 2 is 1.29 bits per heavy atom. The first kappa shape index (κ1) is 46.4. The predicted octanol–water partition coefficient (Wildman–Crippen LogP) is 8.54. The van der Waals surface area contributed by atoms with E-state index in [9.17, 15) is 4.57 Å². The molecule has 42 heavy (non-hydrogen) atoms. The van der Waals surface area contributed by atoms with Gasteiger partial charge in [0.2, 0.25) is 0 Å². The third-order valence-electron chi connectivity index (χ3n) is 7.17. The van der Waals surface area contributed by atoms with E-state index >= 15 is 0 Å². The summed E-state index contributed by atoms with van der Waals surface area (Å²) in [5.74, 6) is 0. The predicted molar refractivity (Wildman–Crippen MR) is 191 cm³/mol. The number of nitrogens with two attached hydrogens (primary N) is 2. The molecule has 7 nitrogen and oxygen atoms in total. The molecule has 1 atom stereocenters. The summed E-state index contributed by atoms with van der Waals surface area (Å²) in [6.07, 6.45) is 17.5. The van der Waals surface area contributed by atoms with Gasteiger partial charge < -0.3 is 30.4 Å². The highest BCUT2D eigenvalue weighted by Gasteiger charge is 2.25. The zero-order valence-electron chi connectivity index (χ0n) is 25.6. The molecule has 0 radical (unpaired) electrons. The molecule has 12 heteroatoms. The van der Waals surface area contributed by atoms with Crippen molar-refractivity contribution in [1.29, 1.82) is 0 Å². The Hall–Kier alpha value is -0.0500. The van der Waals surface area contributed by atoms with Crippen molar-refractivity contribution >= 4 is 68.1 Å². The summed E-state index contributed by atoms with van der Waals surface area (Å²) in [7, 11) is -3.21. The van der Waals surface area contributed by atoms with E-state index in [0.717, 1.165) is 44.3 Å². The van der Waals surface area contributed by atoms with Crippen molar-refractivity contribution in [3.8, 4) is 0 Å². The highest BCUT2D eigenvalue weighted by atomic mass is 35.5. The molecule has 0 aliphatic heterocycles. The molecular weight excluding hydrogens is 637 g/mol. The summed E-state index contributed by atoms with van der Waals surface area (Å²) >= 11 is 0. The molecule has 0 fully saturated rings. The van der Waals surface area contributed by atoms with Crippen LogP contribution >= 0.6 is 57.2 Å². The fourth-order valence-corrected chi connectivity index (χ4v) is 6.46. The number of nitrogens with zero attached hydrogens (tertiary/aromatic N) is 1. The molecule has 0 spiro atoms. The monoisotopic (exact) mass is 694 g/mol. The quantitative estimate of drug-likeness (QED) is 0.0710. The van der Waals surface area contributed by atoms with Crippen LogP contribution in [0.2, 0.25) is 0 Å². The van der Waals surface area contributed by atoms with E-state index in [1.54, 1.807) is 0 Å². The van der Waals surface area contributed by atoms with E-state index < -0.39 is 7.60 Å². The average Bonchev–Trinajstić information content (AvgIpc) is 3.34. The lowest BCUT2D eigenvalue weighted by Gasteiger charge is -2.25. The Kier molecular flexibility index (Phi) is 32.7. The van der Waals surface area contributed by atoms with E-state index in [4.69, 9.17) is 20.5 Å². The van der Waals surface area contributed by atoms with Gasteiger partial charge in [-0.2, -0.15) is 0 Å². The second kappa shape index (κ2) is 29.6. The van der Waals surface area contributed by atoms with Crippen molar-refractivity contribution in [3.63, 3.8) is 0 Å². The SMILES string of the molecule is CCCCCCCCCCCCOP(=O)(CCN(CCCN)CCCN)OCCc1c[nH]c2ccccc12.Cl.Cl.Cl.Cl. The van der Waals surface area contributed by atoms with Crippen LogP contribution in [-0.2, 0) is 20.0 Å². The van der Waals surface area contributed by atoms with E-state index in [0.29, 0.717) is 45.4 Å².